The Morgan fingerprint density at radius 2 is 1.23 bits per heavy atom. The summed E-state index contributed by atoms with van der Waals surface area (Å²) in [5.74, 6) is 0. The molecule has 0 fully saturated rings. The molecule has 0 unspecified atom stereocenters. The summed E-state index contributed by atoms with van der Waals surface area (Å²) in [4.78, 5) is 10.2. The summed E-state index contributed by atoms with van der Waals surface area (Å²) in [5.41, 5.74) is 13.0. The van der Waals surface area contributed by atoms with Crippen molar-refractivity contribution in [3.63, 3.8) is 0 Å². The van der Waals surface area contributed by atoms with Crippen molar-refractivity contribution in [1.29, 1.82) is 0 Å². The van der Waals surface area contributed by atoms with E-state index in [4.69, 9.17) is 19.7 Å². The smallest absolute Gasteiger partial charge is 0.657 e. The maximum absolute atomic E-state index is 6.51. The maximum atomic E-state index is 6.51. The zero-order chi connectivity index (χ0) is 36.0. The van der Waals surface area contributed by atoms with Gasteiger partial charge in [-0.05, 0) is 68.1 Å². The fraction of sp³-hybridized carbons (Fsp3) is 0.167. The number of pyridine rings is 2. The van der Waals surface area contributed by atoms with E-state index in [0.717, 1.165) is 78.2 Å². The van der Waals surface area contributed by atoms with Crippen molar-refractivity contribution >= 4 is 33.3 Å². The molecule has 0 atom stereocenters. The molecule has 53 heavy (non-hydrogen) atoms. The molecule has 8 aromatic rings. The van der Waals surface area contributed by atoms with Gasteiger partial charge in [0.15, 0.2) is 5.58 Å². The molecule has 0 spiro atoms. The van der Waals surface area contributed by atoms with Crippen LogP contribution >= 0.6 is 0 Å². The van der Waals surface area contributed by atoms with Crippen LogP contribution in [0.25, 0.3) is 72.2 Å². The van der Waals surface area contributed by atoms with Crippen molar-refractivity contribution in [3.05, 3.63) is 162 Å². The van der Waals surface area contributed by atoms with Gasteiger partial charge in [0.25, 0.3) is 0 Å². The Morgan fingerprint density at radius 3 is 1.92 bits per heavy atom. The van der Waals surface area contributed by atoms with Crippen molar-refractivity contribution in [2.45, 2.75) is 52.4 Å². The van der Waals surface area contributed by atoms with E-state index in [0.29, 0.717) is 0 Å². The van der Waals surface area contributed by atoms with Crippen LogP contribution in [0.4, 0.5) is 11.4 Å². The Kier molecular flexibility index (Phi) is 9.70. The van der Waals surface area contributed by atoms with Gasteiger partial charge in [0, 0.05) is 17.0 Å². The molecule has 0 bridgehead atoms. The van der Waals surface area contributed by atoms with Crippen molar-refractivity contribution in [3.8, 4) is 44.9 Å². The second-order valence-electron chi connectivity index (χ2n) is 15.5. The van der Waals surface area contributed by atoms with Gasteiger partial charge in [0.1, 0.15) is 11.3 Å². The van der Waals surface area contributed by atoms with Crippen LogP contribution in [-0.2, 0) is 31.9 Å². The topological polar surface area (TPSA) is 53.0 Å². The molecular formula is C48H41N3OPt. The largest absolute Gasteiger partial charge is 2.00 e. The molecule has 3 heterocycles. The quantitative estimate of drug-likeness (QED) is 0.156. The number of benzene rings is 5. The standard InChI is InChI=1S/C48H41N3O.Pt/c1-47(2,3)34-21-23-40(38(29-34)43-28-33(31-15-9-7-10-16-31)27-42(51-43)32-17-11-8-12-18-32)50-41-24-22-35(48(4,5)6)30-39(41)45-46-37(25-26-49-45)36-19-13-14-20-44(36)52-46;/h7-17,19-30H,1-6H3;/q-2;+2. The molecule has 5 heteroatoms. The van der Waals surface area contributed by atoms with E-state index in [2.05, 4.69) is 133 Å². The second kappa shape index (κ2) is 14.3. The summed E-state index contributed by atoms with van der Waals surface area (Å²) in [5, 5.41) is 7.59. The Morgan fingerprint density at radius 1 is 0.585 bits per heavy atom. The van der Waals surface area contributed by atoms with Gasteiger partial charge in [-0.25, -0.2) is 0 Å². The number of nitrogens with zero attached hydrogens (tertiary/aromatic N) is 3. The van der Waals surface area contributed by atoms with Gasteiger partial charge in [0.05, 0.1) is 5.69 Å². The van der Waals surface area contributed by atoms with Gasteiger partial charge in [-0.15, -0.1) is 47.3 Å². The third-order valence-corrected chi connectivity index (χ3v) is 9.71. The Balaban J connectivity index is 0.00000435. The SMILES string of the molecule is CC(C)(C)c1ccc([N-]c2ccc(C(C)(C)C)cc2-c2nccc3c2oc2ccccc23)c(-c2cc(-c3ccccc3)cc(-c3[c-]cccc3)n2)c1.[Pt+2]. The van der Waals surface area contributed by atoms with E-state index in [-0.39, 0.29) is 31.9 Å². The van der Waals surface area contributed by atoms with E-state index in [1.165, 1.54) is 11.1 Å². The molecule has 0 aliphatic carbocycles. The van der Waals surface area contributed by atoms with Gasteiger partial charge in [0.2, 0.25) is 0 Å². The number of aromatic nitrogens is 2. The Hall–Kier alpha value is -5.31. The van der Waals surface area contributed by atoms with Crippen LogP contribution in [0.2, 0.25) is 0 Å². The van der Waals surface area contributed by atoms with Crippen LogP contribution in [0.5, 0.6) is 0 Å². The number of rotatable bonds is 6. The summed E-state index contributed by atoms with van der Waals surface area (Å²) in [6, 6.07) is 49.5. The van der Waals surface area contributed by atoms with E-state index < -0.39 is 0 Å². The Labute approximate surface area is 326 Å². The first-order chi connectivity index (χ1) is 25.0. The second-order valence-corrected chi connectivity index (χ2v) is 15.5. The molecular weight excluding hydrogens is 830 g/mol. The number of fused-ring (bicyclic) bond motifs is 3. The molecule has 264 valence electrons. The monoisotopic (exact) mass is 870 g/mol. The van der Waals surface area contributed by atoms with Gasteiger partial charge < -0.3 is 9.73 Å². The van der Waals surface area contributed by atoms with Gasteiger partial charge in [-0.3, -0.25) is 9.97 Å². The van der Waals surface area contributed by atoms with E-state index in [1.807, 2.05) is 54.7 Å². The molecule has 0 amide bonds. The minimum absolute atomic E-state index is 0. The summed E-state index contributed by atoms with van der Waals surface area (Å²) in [6.45, 7) is 13.4. The van der Waals surface area contributed by atoms with Crippen LogP contribution in [0.3, 0.4) is 0 Å². The fourth-order valence-electron chi connectivity index (χ4n) is 6.72. The van der Waals surface area contributed by atoms with Crippen LogP contribution in [0.15, 0.2) is 144 Å². The maximum Gasteiger partial charge on any atom is 2.00 e. The third kappa shape index (κ3) is 7.21. The average Bonchev–Trinajstić information content (AvgIpc) is 3.54. The molecule has 8 rings (SSSR count). The first kappa shape index (κ1) is 36.1. The molecule has 0 radical (unpaired) electrons. The van der Waals surface area contributed by atoms with E-state index in [1.54, 1.807) is 0 Å². The molecule has 0 N–H and O–H groups in total. The number of para-hydroxylation sites is 1. The van der Waals surface area contributed by atoms with E-state index in [9.17, 15) is 0 Å². The van der Waals surface area contributed by atoms with Gasteiger partial charge in [-0.1, -0.05) is 133 Å². The minimum atomic E-state index is -0.0826. The fourth-order valence-corrected chi connectivity index (χ4v) is 6.72. The van der Waals surface area contributed by atoms with Gasteiger partial charge >= 0.3 is 21.1 Å². The molecule has 0 aliphatic rings. The van der Waals surface area contributed by atoms with Crippen molar-refractivity contribution in [2.24, 2.45) is 0 Å². The number of hydrogen-bond donors (Lipinski definition) is 0. The predicted octanol–water partition coefficient (Wildman–Crippen LogP) is 13.8. The van der Waals surface area contributed by atoms with Crippen molar-refractivity contribution in [2.75, 3.05) is 0 Å². The molecule has 0 aliphatic heterocycles. The van der Waals surface area contributed by atoms with Crippen LogP contribution < -0.4 is 0 Å². The van der Waals surface area contributed by atoms with Crippen molar-refractivity contribution in [1.82, 2.24) is 9.97 Å². The summed E-state index contributed by atoms with van der Waals surface area (Å²) in [6.07, 6.45) is 1.87. The predicted molar refractivity (Wildman–Crippen MR) is 216 cm³/mol. The number of hydrogen-bond acceptors (Lipinski definition) is 3. The molecule has 4 nitrogen and oxygen atoms in total. The number of furan rings is 1. The first-order valence-corrected chi connectivity index (χ1v) is 17.9. The molecule has 0 saturated carbocycles. The minimum Gasteiger partial charge on any atom is -0.657 e. The van der Waals surface area contributed by atoms with Crippen molar-refractivity contribution < 1.29 is 25.5 Å². The third-order valence-electron chi connectivity index (χ3n) is 9.71. The summed E-state index contributed by atoms with van der Waals surface area (Å²) < 4.78 is 6.51. The first-order valence-electron chi connectivity index (χ1n) is 17.9. The Bertz CT molecular complexity index is 2500. The van der Waals surface area contributed by atoms with E-state index >= 15 is 0 Å². The molecule has 5 aromatic carbocycles. The van der Waals surface area contributed by atoms with Gasteiger partial charge in [-0.2, -0.15) is 0 Å². The molecule has 0 saturated heterocycles. The zero-order valence-corrected chi connectivity index (χ0v) is 33.1. The summed E-state index contributed by atoms with van der Waals surface area (Å²) >= 11 is 0. The zero-order valence-electron chi connectivity index (χ0n) is 30.8. The van der Waals surface area contributed by atoms with Crippen LogP contribution in [0.1, 0.15) is 52.7 Å². The summed E-state index contributed by atoms with van der Waals surface area (Å²) in [7, 11) is 0. The molecule has 3 aromatic heterocycles. The average molecular weight is 871 g/mol. The van der Waals surface area contributed by atoms with Crippen LogP contribution in [0, 0.1) is 6.07 Å². The van der Waals surface area contributed by atoms with Crippen LogP contribution in [-0.4, -0.2) is 9.97 Å². The normalized spacial score (nSPS) is 11.8.